The number of hydrogen-bond donors (Lipinski definition) is 1. The number of para-hydroxylation sites is 2. The second kappa shape index (κ2) is 9.18. The maximum Gasteiger partial charge on any atom is 0.310 e. The summed E-state index contributed by atoms with van der Waals surface area (Å²) in [4.78, 5) is 22.4. The average Bonchev–Trinajstić information content (AvgIpc) is 2.72. The van der Waals surface area contributed by atoms with Crippen LogP contribution in [0.25, 0.3) is 0 Å². The topological polar surface area (TPSA) is 90.7 Å². The lowest BCUT2D eigenvalue weighted by Crippen LogP contribution is -2.20. The van der Waals surface area contributed by atoms with E-state index in [1.54, 1.807) is 30.3 Å². The minimum absolute atomic E-state index is 0.0484. The second-order valence-corrected chi connectivity index (χ2v) is 5.86. The summed E-state index contributed by atoms with van der Waals surface area (Å²) in [5, 5.41) is 13.6. The first kappa shape index (κ1) is 18.9. The van der Waals surface area contributed by atoms with Gasteiger partial charge in [0.15, 0.2) is 12.4 Å². The molecule has 0 saturated carbocycles. The molecule has 7 nitrogen and oxygen atoms in total. The van der Waals surface area contributed by atoms with Crippen molar-refractivity contribution in [2.75, 3.05) is 11.9 Å². The molecule has 0 aliphatic rings. The first-order valence-electron chi connectivity index (χ1n) is 8.54. The normalized spacial score (nSPS) is 10.1. The molecule has 0 atom stereocenters. The Bertz CT molecular complexity index is 943. The van der Waals surface area contributed by atoms with Gasteiger partial charge in [0.2, 0.25) is 0 Å². The molecule has 0 aliphatic carbocycles. The second-order valence-electron chi connectivity index (χ2n) is 5.86. The zero-order valence-electron chi connectivity index (χ0n) is 14.9. The van der Waals surface area contributed by atoms with E-state index in [1.165, 1.54) is 18.2 Å². The standard InChI is InChI=1S/C21H18N2O5/c24-21(15-28-20-9-5-4-8-19(20)23(25)26)22-17-10-12-18(13-11-17)27-14-16-6-2-1-3-7-16/h1-13H,14-15H2,(H,22,24). The molecule has 0 saturated heterocycles. The van der Waals surface area contributed by atoms with E-state index < -0.39 is 10.8 Å². The summed E-state index contributed by atoms with van der Waals surface area (Å²) in [5.41, 5.74) is 1.45. The predicted molar refractivity (Wildman–Crippen MR) is 104 cm³/mol. The zero-order chi connectivity index (χ0) is 19.8. The van der Waals surface area contributed by atoms with E-state index in [1.807, 2.05) is 30.3 Å². The summed E-state index contributed by atoms with van der Waals surface area (Å²) in [5.74, 6) is 0.307. The Balaban J connectivity index is 1.50. The Morgan fingerprint density at radius 1 is 0.893 bits per heavy atom. The van der Waals surface area contributed by atoms with E-state index in [4.69, 9.17) is 9.47 Å². The molecule has 3 aromatic carbocycles. The summed E-state index contributed by atoms with van der Waals surface area (Å²) >= 11 is 0. The highest BCUT2D eigenvalue weighted by Gasteiger charge is 2.15. The van der Waals surface area contributed by atoms with Crippen molar-refractivity contribution in [1.82, 2.24) is 0 Å². The van der Waals surface area contributed by atoms with Crippen molar-refractivity contribution in [1.29, 1.82) is 0 Å². The number of amides is 1. The molecule has 0 radical (unpaired) electrons. The molecule has 3 aromatic rings. The summed E-state index contributed by atoms with van der Waals surface area (Å²) < 4.78 is 11.0. The summed E-state index contributed by atoms with van der Waals surface area (Å²) in [6.45, 7) is 0.118. The molecular weight excluding hydrogens is 360 g/mol. The van der Waals surface area contributed by atoms with Gasteiger partial charge in [0.25, 0.3) is 5.91 Å². The number of hydrogen-bond acceptors (Lipinski definition) is 5. The lowest BCUT2D eigenvalue weighted by atomic mass is 10.2. The number of carbonyl (C=O) groups is 1. The molecule has 1 N–H and O–H groups in total. The van der Waals surface area contributed by atoms with Crippen molar-refractivity contribution >= 4 is 17.3 Å². The Morgan fingerprint density at radius 2 is 1.57 bits per heavy atom. The van der Waals surface area contributed by atoms with E-state index in [9.17, 15) is 14.9 Å². The Kier molecular flexibility index (Phi) is 6.20. The molecule has 0 fully saturated rings. The Labute approximate surface area is 161 Å². The van der Waals surface area contributed by atoms with Gasteiger partial charge in [-0.05, 0) is 35.9 Å². The van der Waals surface area contributed by atoms with E-state index >= 15 is 0 Å². The highest BCUT2D eigenvalue weighted by molar-refractivity contribution is 5.91. The number of nitro groups is 1. The molecule has 0 heterocycles. The van der Waals surface area contributed by atoms with E-state index in [2.05, 4.69) is 5.32 Å². The summed E-state index contributed by atoms with van der Waals surface area (Å²) in [6.07, 6.45) is 0. The van der Waals surface area contributed by atoms with E-state index in [-0.39, 0.29) is 18.0 Å². The fourth-order valence-corrected chi connectivity index (χ4v) is 2.45. The van der Waals surface area contributed by atoms with Crippen molar-refractivity contribution in [3.63, 3.8) is 0 Å². The number of carbonyl (C=O) groups excluding carboxylic acids is 1. The highest BCUT2D eigenvalue weighted by atomic mass is 16.6. The molecule has 1 amide bonds. The van der Waals surface area contributed by atoms with Crippen LogP contribution >= 0.6 is 0 Å². The van der Waals surface area contributed by atoms with Crippen LogP contribution in [0.2, 0.25) is 0 Å². The molecule has 3 rings (SSSR count). The third kappa shape index (κ3) is 5.31. The minimum atomic E-state index is -0.554. The van der Waals surface area contributed by atoms with Gasteiger partial charge in [-0.25, -0.2) is 0 Å². The lowest BCUT2D eigenvalue weighted by Gasteiger charge is -2.09. The number of nitrogens with one attached hydrogen (secondary N) is 1. The van der Waals surface area contributed by atoms with Crippen LogP contribution in [0.4, 0.5) is 11.4 Å². The van der Waals surface area contributed by atoms with Gasteiger partial charge < -0.3 is 14.8 Å². The number of ether oxygens (including phenoxy) is 2. The minimum Gasteiger partial charge on any atom is -0.489 e. The van der Waals surface area contributed by atoms with E-state index in [0.29, 0.717) is 18.0 Å². The molecule has 0 bridgehead atoms. The molecule has 0 aliphatic heterocycles. The van der Waals surface area contributed by atoms with Crippen LogP contribution in [-0.2, 0) is 11.4 Å². The third-order valence-electron chi connectivity index (χ3n) is 3.81. The molecule has 7 heteroatoms. The molecule has 0 spiro atoms. The Morgan fingerprint density at radius 3 is 2.29 bits per heavy atom. The van der Waals surface area contributed by atoms with Crippen molar-refractivity contribution in [3.05, 3.63) is 94.5 Å². The predicted octanol–water partition coefficient (Wildman–Crippen LogP) is 4.19. The maximum atomic E-state index is 12.0. The lowest BCUT2D eigenvalue weighted by molar-refractivity contribution is -0.385. The smallest absolute Gasteiger partial charge is 0.310 e. The van der Waals surface area contributed by atoms with Gasteiger partial charge in [-0.1, -0.05) is 42.5 Å². The molecule has 142 valence electrons. The van der Waals surface area contributed by atoms with Crippen molar-refractivity contribution in [3.8, 4) is 11.5 Å². The van der Waals surface area contributed by atoms with Crippen LogP contribution in [0.1, 0.15) is 5.56 Å². The van der Waals surface area contributed by atoms with Gasteiger partial charge >= 0.3 is 5.69 Å². The monoisotopic (exact) mass is 378 g/mol. The van der Waals surface area contributed by atoms with Crippen LogP contribution in [0.15, 0.2) is 78.9 Å². The molecule has 28 heavy (non-hydrogen) atoms. The fraction of sp³-hybridized carbons (Fsp3) is 0.0952. The van der Waals surface area contributed by atoms with Gasteiger partial charge in [0.1, 0.15) is 12.4 Å². The average molecular weight is 378 g/mol. The highest BCUT2D eigenvalue weighted by Crippen LogP contribution is 2.25. The zero-order valence-corrected chi connectivity index (χ0v) is 14.9. The molecule has 0 aromatic heterocycles. The quantitative estimate of drug-likeness (QED) is 0.469. The number of nitro benzene ring substituents is 1. The number of benzene rings is 3. The van der Waals surface area contributed by atoms with Gasteiger partial charge in [-0.2, -0.15) is 0 Å². The van der Waals surface area contributed by atoms with Crippen molar-refractivity contribution < 1.29 is 19.2 Å². The van der Waals surface area contributed by atoms with Crippen molar-refractivity contribution in [2.45, 2.75) is 6.61 Å². The number of nitrogens with zero attached hydrogens (tertiary/aromatic N) is 1. The van der Waals surface area contributed by atoms with Gasteiger partial charge in [-0.3, -0.25) is 14.9 Å². The van der Waals surface area contributed by atoms with Crippen LogP contribution in [0.5, 0.6) is 11.5 Å². The van der Waals surface area contributed by atoms with Crippen LogP contribution in [0.3, 0.4) is 0 Å². The number of rotatable bonds is 8. The summed E-state index contributed by atoms with van der Waals surface area (Å²) in [7, 11) is 0. The number of anilines is 1. The molecule has 0 unspecified atom stereocenters. The Hall–Kier alpha value is -3.87. The SMILES string of the molecule is O=C(COc1ccccc1[N+](=O)[O-])Nc1ccc(OCc2ccccc2)cc1. The van der Waals surface area contributed by atoms with Crippen LogP contribution in [0, 0.1) is 10.1 Å². The van der Waals surface area contributed by atoms with E-state index in [0.717, 1.165) is 5.56 Å². The van der Waals surface area contributed by atoms with Gasteiger partial charge in [0.05, 0.1) is 4.92 Å². The van der Waals surface area contributed by atoms with Gasteiger partial charge in [0, 0.05) is 11.8 Å². The summed E-state index contributed by atoms with van der Waals surface area (Å²) in [6, 6.07) is 22.6. The van der Waals surface area contributed by atoms with Crippen LogP contribution in [-0.4, -0.2) is 17.4 Å². The van der Waals surface area contributed by atoms with Crippen molar-refractivity contribution in [2.24, 2.45) is 0 Å². The van der Waals surface area contributed by atoms with Gasteiger partial charge in [-0.15, -0.1) is 0 Å². The third-order valence-corrected chi connectivity index (χ3v) is 3.81. The molecular formula is C21H18N2O5. The largest absolute Gasteiger partial charge is 0.489 e. The first-order valence-corrected chi connectivity index (χ1v) is 8.54. The maximum absolute atomic E-state index is 12.0. The van der Waals surface area contributed by atoms with Crippen LogP contribution < -0.4 is 14.8 Å². The first-order chi connectivity index (χ1) is 13.6. The fourth-order valence-electron chi connectivity index (χ4n) is 2.45.